The highest BCUT2D eigenvalue weighted by atomic mass is 79.9. The van der Waals surface area contributed by atoms with Gasteiger partial charge >= 0.3 is 5.97 Å². The molecule has 1 N–H and O–H groups in total. The minimum atomic E-state index is -0.536. The predicted molar refractivity (Wildman–Crippen MR) is 82.1 cm³/mol. The number of carbonyl (C=O) groups is 2. The molecule has 5 heteroatoms. The first-order chi connectivity index (χ1) is 9.63. The van der Waals surface area contributed by atoms with Gasteiger partial charge in [0.1, 0.15) is 0 Å². The quantitative estimate of drug-likeness (QED) is 0.472. The molecule has 0 fully saturated rings. The summed E-state index contributed by atoms with van der Waals surface area (Å²) in [6.45, 7) is 2.40. The van der Waals surface area contributed by atoms with Crippen molar-refractivity contribution in [2.24, 2.45) is 0 Å². The van der Waals surface area contributed by atoms with Crippen molar-refractivity contribution in [3.8, 4) is 0 Å². The Morgan fingerprint density at radius 3 is 2.80 bits per heavy atom. The molecule has 0 heterocycles. The van der Waals surface area contributed by atoms with E-state index in [1.807, 2.05) is 31.2 Å². The molecule has 0 atom stereocenters. The van der Waals surface area contributed by atoms with E-state index in [0.717, 1.165) is 22.9 Å². The van der Waals surface area contributed by atoms with E-state index in [4.69, 9.17) is 4.74 Å². The molecule has 1 rings (SSSR count). The van der Waals surface area contributed by atoms with Gasteiger partial charge in [0.05, 0.1) is 0 Å². The summed E-state index contributed by atoms with van der Waals surface area (Å²) < 4.78 is 5.73. The van der Waals surface area contributed by atoms with Crippen molar-refractivity contribution in [2.45, 2.75) is 19.8 Å². The average Bonchev–Trinajstić information content (AvgIpc) is 2.44. The van der Waals surface area contributed by atoms with Crippen molar-refractivity contribution in [3.63, 3.8) is 0 Å². The molecule has 1 amide bonds. The average molecular weight is 340 g/mol. The second kappa shape index (κ2) is 9.31. The number of esters is 1. The highest BCUT2D eigenvalue weighted by Gasteiger charge is 2.04. The lowest BCUT2D eigenvalue weighted by Crippen LogP contribution is -2.29. The minimum absolute atomic E-state index is 0.247. The van der Waals surface area contributed by atoms with Crippen LogP contribution in [0.3, 0.4) is 0 Å². The molecule has 0 aliphatic carbocycles. The number of halogens is 1. The zero-order valence-electron chi connectivity index (χ0n) is 11.4. The molecule has 4 nitrogen and oxygen atoms in total. The summed E-state index contributed by atoms with van der Waals surface area (Å²) in [7, 11) is 0. The smallest absolute Gasteiger partial charge is 0.331 e. The predicted octanol–water partition coefficient (Wildman–Crippen LogP) is 2.92. The van der Waals surface area contributed by atoms with Gasteiger partial charge in [0.25, 0.3) is 5.91 Å². The number of ether oxygens (including phenoxy) is 1. The lowest BCUT2D eigenvalue weighted by atomic mass is 10.2. The van der Waals surface area contributed by atoms with Crippen LogP contribution < -0.4 is 5.32 Å². The number of benzene rings is 1. The molecule has 0 unspecified atom stereocenters. The summed E-state index contributed by atoms with van der Waals surface area (Å²) in [6.07, 6.45) is 4.87. The Balaban J connectivity index is 2.33. The van der Waals surface area contributed by atoms with Crippen molar-refractivity contribution in [1.82, 2.24) is 5.32 Å². The first-order valence-electron chi connectivity index (χ1n) is 6.49. The van der Waals surface area contributed by atoms with Crippen molar-refractivity contribution in [2.75, 3.05) is 13.2 Å². The molecule has 0 bridgehead atoms. The summed E-state index contributed by atoms with van der Waals surface area (Å²) in [4.78, 5) is 22.8. The van der Waals surface area contributed by atoms with Crippen molar-refractivity contribution < 1.29 is 14.3 Å². The van der Waals surface area contributed by atoms with Gasteiger partial charge in [-0.3, -0.25) is 4.79 Å². The van der Waals surface area contributed by atoms with Crippen LogP contribution >= 0.6 is 15.9 Å². The third-order valence-corrected chi connectivity index (χ3v) is 3.22. The van der Waals surface area contributed by atoms with Gasteiger partial charge in [-0.1, -0.05) is 47.5 Å². The lowest BCUT2D eigenvalue weighted by Gasteiger charge is -2.04. The molecule has 20 heavy (non-hydrogen) atoms. The van der Waals surface area contributed by atoms with E-state index in [1.54, 1.807) is 6.08 Å². The van der Waals surface area contributed by atoms with Gasteiger partial charge < -0.3 is 10.1 Å². The van der Waals surface area contributed by atoms with Crippen LogP contribution in [0.4, 0.5) is 0 Å². The largest absolute Gasteiger partial charge is 0.452 e. The molecule has 0 saturated heterocycles. The Bertz CT molecular complexity index is 486. The molecule has 1 aromatic carbocycles. The molecule has 0 spiro atoms. The maximum absolute atomic E-state index is 11.5. The van der Waals surface area contributed by atoms with E-state index in [2.05, 4.69) is 21.2 Å². The van der Waals surface area contributed by atoms with Crippen LogP contribution in [-0.4, -0.2) is 25.0 Å². The second-order valence-electron chi connectivity index (χ2n) is 4.17. The molecule has 1 aromatic rings. The summed E-state index contributed by atoms with van der Waals surface area (Å²) >= 11 is 3.38. The normalized spacial score (nSPS) is 10.5. The van der Waals surface area contributed by atoms with Gasteiger partial charge in [-0.2, -0.15) is 0 Å². The monoisotopic (exact) mass is 339 g/mol. The fourth-order valence-electron chi connectivity index (χ4n) is 1.41. The van der Waals surface area contributed by atoms with Crippen molar-refractivity contribution in [1.29, 1.82) is 0 Å². The Morgan fingerprint density at radius 2 is 2.10 bits per heavy atom. The van der Waals surface area contributed by atoms with Crippen LogP contribution in [0.1, 0.15) is 25.3 Å². The van der Waals surface area contributed by atoms with Gasteiger partial charge in [0.15, 0.2) is 6.61 Å². The Hall–Kier alpha value is -1.62. The molecular formula is C15H18BrNO3. The fraction of sp³-hybridized carbons (Fsp3) is 0.333. The Morgan fingerprint density at radius 1 is 1.35 bits per heavy atom. The van der Waals surface area contributed by atoms with Gasteiger partial charge in [-0.25, -0.2) is 4.79 Å². The number of hydrogen-bond donors (Lipinski definition) is 1. The SMILES string of the molecule is CCCCNC(=O)COC(=O)/C=C/c1ccccc1Br. The number of unbranched alkanes of at least 4 members (excludes halogenated alkanes) is 1. The Kier molecular flexibility index (Phi) is 7.65. The van der Waals surface area contributed by atoms with Crippen LogP contribution in [0.2, 0.25) is 0 Å². The van der Waals surface area contributed by atoms with Gasteiger partial charge in [0.2, 0.25) is 0 Å². The summed E-state index contributed by atoms with van der Waals surface area (Å²) in [5, 5.41) is 2.67. The molecule has 0 saturated carbocycles. The van der Waals surface area contributed by atoms with Gasteiger partial charge in [-0.05, 0) is 24.1 Å². The first kappa shape index (κ1) is 16.4. The number of carbonyl (C=O) groups excluding carboxylic acids is 2. The van der Waals surface area contributed by atoms with E-state index in [0.29, 0.717) is 6.54 Å². The minimum Gasteiger partial charge on any atom is -0.452 e. The zero-order chi connectivity index (χ0) is 14.8. The summed E-state index contributed by atoms with van der Waals surface area (Å²) in [6, 6.07) is 7.51. The Labute approximate surface area is 127 Å². The zero-order valence-corrected chi connectivity index (χ0v) is 13.0. The van der Waals surface area contributed by atoms with Gasteiger partial charge in [-0.15, -0.1) is 0 Å². The number of hydrogen-bond acceptors (Lipinski definition) is 3. The summed E-state index contributed by atoms with van der Waals surface area (Å²) in [5.74, 6) is -0.813. The molecule has 0 aliphatic rings. The highest BCUT2D eigenvalue weighted by molar-refractivity contribution is 9.10. The number of amides is 1. The second-order valence-corrected chi connectivity index (χ2v) is 5.02. The number of nitrogens with one attached hydrogen (secondary N) is 1. The van der Waals surface area contributed by atoms with Crippen LogP contribution in [-0.2, 0) is 14.3 Å². The third-order valence-electron chi connectivity index (χ3n) is 2.50. The van der Waals surface area contributed by atoms with Gasteiger partial charge in [0, 0.05) is 17.1 Å². The standard InChI is InChI=1S/C15H18BrNO3/c1-2-3-10-17-14(18)11-20-15(19)9-8-12-6-4-5-7-13(12)16/h4-9H,2-3,10-11H2,1H3,(H,17,18)/b9-8+. The highest BCUT2D eigenvalue weighted by Crippen LogP contribution is 2.16. The molecule has 0 aromatic heterocycles. The van der Waals surface area contributed by atoms with E-state index in [1.165, 1.54) is 6.08 Å². The molecule has 0 aliphatic heterocycles. The molecule has 108 valence electrons. The van der Waals surface area contributed by atoms with E-state index < -0.39 is 5.97 Å². The van der Waals surface area contributed by atoms with Crippen LogP contribution in [0.15, 0.2) is 34.8 Å². The third kappa shape index (κ3) is 6.52. The maximum Gasteiger partial charge on any atom is 0.331 e. The van der Waals surface area contributed by atoms with E-state index in [-0.39, 0.29) is 12.5 Å². The summed E-state index contributed by atoms with van der Waals surface area (Å²) in [5.41, 5.74) is 0.872. The molecule has 0 radical (unpaired) electrons. The van der Waals surface area contributed by atoms with Crippen LogP contribution in [0.5, 0.6) is 0 Å². The molecular weight excluding hydrogens is 322 g/mol. The fourth-order valence-corrected chi connectivity index (χ4v) is 1.83. The topological polar surface area (TPSA) is 55.4 Å². The van der Waals surface area contributed by atoms with Crippen LogP contribution in [0.25, 0.3) is 6.08 Å². The van der Waals surface area contributed by atoms with E-state index in [9.17, 15) is 9.59 Å². The maximum atomic E-state index is 11.5. The van der Waals surface area contributed by atoms with Crippen molar-refractivity contribution >= 4 is 33.9 Å². The number of rotatable bonds is 7. The van der Waals surface area contributed by atoms with E-state index >= 15 is 0 Å². The first-order valence-corrected chi connectivity index (χ1v) is 7.29. The van der Waals surface area contributed by atoms with Crippen molar-refractivity contribution in [3.05, 3.63) is 40.4 Å². The lowest BCUT2D eigenvalue weighted by molar-refractivity contribution is -0.143. The van der Waals surface area contributed by atoms with Crippen LogP contribution in [0, 0.1) is 0 Å².